The van der Waals surface area contributed by atoms with Crippen molar-refractivity contribution in [1.29, 1.82) is 0 Å². The van der Waals surface area contributed by atoms with Gasteiger partial charge < -0.3 is 11.1 Å². The van der Waals surface area contributed by atoms with Crippen molar-refractivity contribution in [2.45, 2.75) is 19.4 Å². The van der Waals surface area contributed by atoms with Gasteiger partial charge in [0.05, 0.1) is 6.04 Å². The van der Waals surface area contributed by atoms with Crippen molar-refractivity contribution in [3.05, 3.63) is 56.2 Å². The van der Waals surface area contributed by atoms with Crippen LogP contribution in [0.1, 0.15) is 23.4 Å². The number of halogens is 3. The molecule has 2 rings (SSSR count). The van der Waals surface area contributed by atoms with E-state index in [2.05, 4.69) is 21.8 Å². The van der Waals surface area contributed by atoms with Gasteiger partial charge in [0, 0.05) is 27.9 Å². The zero-order chi connectivity index (χ0) is 15.2. The summed E-state index contributed by atoms with van der Waals surface area (Å²) in [5.74, 6) is 0.421. The van der Waals surface area contributed by atoms with Crippen molar-refractivity contribution < 1.29 is 0 Å². The maximum absolute atomic E-state index is 6.18. The molecule has 1 atom stereocenters. The van der Waals surface area contributed by atoms with Gasteiger partial charge in [-0.2, -0.15) is 0 Å². The molecule has 0 aliphatic heterocycles. The molecule has 22 heavy (non-hydrogen) atoms. The SMILES string of the molecule is CC(NC(N)=NCCc1cccs1)c1ccc(Cl)cc1Cl.I. The molecule has 0 radical (unpaired) electrons. The largest absolute Gasteiger partial charge is 0.370 e. The zero-order valence-corrected chi connectivity index (χ0v) is 16.7. The van der Waals surface area contributed by atoms with Gasteiger partial charge in [0.1, 0.15) is 0 Å². The Hall–Kier alpha value is -0.500. The summed E-state index contributed by atoms with van der Waals surface area (Å²) in [6.07, 6.45) is 0.899. The van der Waals surface area contributed by atoms with E-state index in [4.69, 9.17) is 28.9 Å². The number of hydrogen-bond acceptors (Lipinski definition) is 2. The van der Waals surface area contributed by atoms with Gasteiger partial charge in [0.15, 0.2) is 5.96 Å². The molecule has 2 aromatic rings. The van der Waals surface area contributed by atoms with E-state index in [1.165, 1.54) is 4.88 Å². The van der Waals surface area contributed by atoms with E-state index >= 15 is 0 Å². The average molecular weight is 470 g/mol. The number of benzene rings is 1. The van der Waals surface area contributed by atoms with Crippen LogP contribution in [0.3, 0.4) is 0 Å². The van der Waals surface area contributed by atoms with Gasteiger partial charge in [-0.15, -0.1) is 35.3 Å². The minimum absolute atomic E-state index is 0. The van der Waals surface area contributed by atoms with Crippen molar-refractivity contribution >= 4 is 64.5 Å². The Morgan fingerprint density at radius 1 is 1.36 bits per heavy atom. The molecule has 1 heterocycles. The van der Waals surface area contributed by atoms with Gasteiger partial charge in [-0.3, -0.25) is 4.99 Å². The van der Waals surface area contributed by atoms with Crippen molar-refractivity contribution in [3.63, 3.8) is 0 Å². The molecule has 3 nitrogen and oxygen atoms in total. The van der Waals surface area contributed by atoms with E-state index in [1.54, 1.807) is 17.4 Å². The third-order valence-corrected chi connectivity index (χ3v) is 4.51. The molecule has 0 saturated heterocycles. The topological polar surface area (TPSA) is 50.4 Å². The number of hydrogen-bond donors (Lipinski definition) is 2. The van der Waals surface area contributed by atoms with Gasteiger partial charge in [-0.05, 0) is 36.1 Å². The summed E-state index contributed by atoms with van der Waals surface area (Å²) in [7, 11) is 0. The normalized spacial score (nSPS) is 12.6. The van der Waals surface area contributed by atoms with E-state index in [0.29, 0.717) is 22.5 Å². The van der Waals surface area contributed by atoms with E-state index in [1.807, 2.05) is 25.1 Å². The molecule has 120 valence electrons. The molecular weight excluding hydrogens is 452 g/mol. The van der Waals surface area contributed by atoms with E-state index < -0.39 is 0 Å². The van der Waals surface area contributed by atoms with Gasteiger partial charge in [-0.1, -0.05) is 35.3 Å². The number of rotatable bonds is 5. The van der Waals surface area contributed by atoms with Gasteiger partial charge in [0.2, 0.25) is 0 Å². The first-order valence-corrected chi connectivity index (χ1v) is 8.23. The second kappa shape index (κ2) is 9.60. The van der Waals surface area contributed by atoms with Gasteiger partial charge >= 0.3 is 0 Å². The van der Waals surface area contributed by atoms with Crippen LogP contribution in [0.25, 0.3) is 0 Å². The van der Waals surface area contributed by atoms with Gasteiger partial charge in [-0.25, -0.2) is 0 Å². The molecular formula is C15H18Cl2IN3S. The average Bonchev–Trinajstić information content (AvgIpc) is 2.91. The predicted molar refractivity (Wildman–Crippen MR) is 108 cm³/mol. The number of nitrogens with two attached hydrogens (primary N) is 1. The lowest BCUT2D eigenvalue weighted by Crippen LogP contribution is -2.34. The van der Waals surface area contributed by atoms with Crippen LogP contribution in [0.5, 0.6) is 0 Å². The Labute approximate surface area is 161 Å². The molecule has 7 heteroatoms. The predicted octanol–water partition coefficient (Wildman–Crippen LogP) is 4.88. The Morgan fingerprint density at radius 2 is 2.14 bits per heavy atom. The molecule has 0 aliphatic rings. The molecule has 1 aromatic heterocycles. The maximum Gasteiger partial charge on any atom is 0.189 e. The Balaban J connectivity index is 0.00000242. The third kappa shape index (κ3) is 5.95. The van der Waals surface area contributed by atoms with Crippen molar-refractivity contribution in [2.24, 2.45) is 10.7 Å². The van der Waals surface area contributed by atoms with Crippen LogP contribution >= 0.6 is 58.5 Å². The molecule has 1 aromatic carbocycles. The first kappa shape index (κ1) is 19.5. The van der Waals surface area contributed by atoms with Crippen LogP contribution in [0, 0.1) is 0 Å². The summed E-state index contributed by atoms with van der Waals surface area (Å²) in [5.41, 5.74) is 6.85. The highest BCUT2D eigenvalue weighted by atomic mass is 127. The molecule has 0 fully saturated rings. The minimum Gasteiger partial charge on any atom is -0.370 e. The fourth-order valence-electron chi connectivity index (χ4n) is 1.94. The van der Waals surface area contributed by atoms with Crippen molar-refractivity contribution in [3.8, 4) is 0 Å². The molecule has 0 amide bonds. The number of nitrogens with zero attached hydrogens (tertiary/aromatic N) is 1. The highest BCUT2D eigenvalue weighted by Crippen LogP contribution is 2.25. The van der Waals surface area contributed by atoms with Crippen LogP contribution in [0.15, 0.2) is 40.7 Å². The van der Waals surface area contributed by atoms with E-state index in [-0.39, 0.29) is 30.0 Å². The molecule has 1 unspecified atom stereocenters. The van der Waals surface area contributed by atoms with Crippen molar-refractivity contribution in [2.75, 3.05) is 6.54 Å². The fraction of sp³-hybridized carbons (Fsp3) is 0.267. The Morgan fingerprint density at radius 3 is 2.77 bits per heavy atom. The van der Waals surface area contributed by atoms with Crippen LogP contribution < -0.4 is 11.1 Å². The lowest BCUT2D eigenvalue weighted by atomic mass is 10.1. The Kier molecular flexibility index (Phi) is 8.53. The zero-order valence-electron chi connectivity index (χ0n) is 12.1. The molecule has 0 spiro atoms. The lowest BCUT2D eigenvalue weighted by Gasteiger charge is -2.16. The summed E-state index contributed by atoms with van der Waals surface area (Å²) in [4.78, 5) is 5.64. The highest BCUT2D eigenvalue weighted by Gasteiger charge is 2.10. The van der Waals surface area contributed by atoms with Crippen LogP contribution in [0.4, 0.5) is 0 Å². The summed E-state index contributed by atoms with van der Waals surface area (Å²) in [6, 6.07) is 9.53. The smallest absolute Gasteiger partial charge is 0.189 e. The number of guanidine groups is 1. The number of aliphatic imine (C=N–C) groups is 1. The summed E-state index contributed by atoms with van der Waals surface area (Å²) in [5, 5.41) is 6.44. The summed E-state index contributed by atoms with van der Waals surface area (Å²) in [6.45, 7) is 2.65. The lowest BCUT2D eigenvalue weighted by molar-refractivity contribution is 0.708. The summed E-state index contributed by atoms with van der Waals surface area (Å²) < 4.78 is 0. The maximum atomic E-state index is 6.18. The molecule has 0 bridgehead atoms. The molecule has 0 saturated carbocycles. The summed E-state index contributed by atoms with van der Waals surface area (Å²) >= 11 is 13.8. The second-order valence-electron chi connectivity index (χ2n) is 4.63. The van der Waals surface area contributed by atoms with Crippen LogP contribution in [-0.2, 0) is 6.42 Å². The first-order valence-electron chi connectivity index (χ1n) is 6.60. The standard InChI is InChI=1S/C15H17Cl2N3S.HI/c1-10(13-5-4-11(16)9-14(13)17)20-15(18)19-7-6-12-3-2-8-21-12;/h2-5,8-10H,6-7H2,1H3,(H3,18,19,20);1H. The van der Waals surface area contributed by atoms with Gasteiger partial charge in [0.25, 0.3) is 0 Å². The molecule has 3 N–H and O–H groups in total. The second-order valence-corrected chi connectivity index (χ2v) is 6.50. The Bertz CT molecular complexity index is 617. The molecule has 0 aliphatic carbocycles. The van der Waals surface area contributed by atoms with Crippen molar-refractivity contribution in [1.82, 2.24) is 5.32 Å². The number of thiophene rings is 1. The van der Waals surface area contributed by atoms with Crippen LogP contribution in [0.2, 0.25) is 10.0 Å². The van der Waals surface area contributed by atoms with E-state index in [9.17, 15) is 0 Å². The minimum atomic E-state index is -0.0275. The number of nitrogens with one attached hydrogen (secondary N) is 1. The van der Waals surface area contributed by atoms with Crippen LogP contribution in [-0.4, -0.2) is 12.5 Å². The highest BCUT2D eigenvalue weighted by molar-refractivity contribution is 14.0. The quantitative estimate of drug-likeness (QED) is 0.372. The van der Waals surface area contributed by atoms with E-state index in [0.717, 1.165) is 12.0 Å². The fourth-order valence-corrected chi connectivity index (χ4v) is 3.21. The third-order valence-electron chi connectivity index (χ3n) is 3.01. The first-order chi connectivity index (χ1) is 10.1. The monoisotopic (exact) mass is 469 g/mol.